The molecular formula is C18H24FN3O3. The number of carbonyl (C=O) groups is 1. The Morgan fingerprint density at radius 1 is 1.52 bits per heavy atom. The number of hydrogen-bond acceptors (Lipinski definition) is 5. The molecule has 0 unspecified atom stereocenters. The predicted molar refractivity (Wildman–Crippen MR) is 93.2 cm³/mol. The highest BCUT2D eigenvalue weighted by Gasteiger charge is 2.20. The van der Waals surface area contributed by atoms with E-state index in [0.29, 0.717) is 24.5 Å². The molecule has 0 radical (unpaired) electrons. The molecule has 7 heteroatoms. The molecule has 1 atom stereocenters. The van der Waals surface area contributed by atoms with Crippen molar-refractivity contribution in [2.75, 3.05) is 13.2 Å². The van der Waals surface area contributed by atoms with E-state index in [1.807, 2.05) is 0 Å². The van der Waals surface area contributed by atoms with Gasteiger partial charge in [0.1, 0.15) is 5.76 Å². The summed E-state index contributed by atoms with van der Waals surface area (Å²) in [7, 11) is 0. The minimum absolute atomic E-state index is 0.0691. The predicted octanol–water partition coefficient (Wildman–Crippen LogP) is 1.92. The van der Waals surface area contributed by atoms with Gasteiger partial charge in [0.05, 0.1) is 6.04 Å². The lowest BCUT2D eigenvalue weighted by Crippen LogP contribution is -2.48. The van der Waals surface area contributed by atoms with E-state index in [0.717, 1.165) is 19.1 Å². The second kappa shape index (κ2) is 9.29. The van der Waals surface area contributed by atoms with Crippen molar-refractivity contribution in [3.8, 4) is 5.75 Å². The van der Waals surface area contributed by atoms with Crippen LogP contribution in [0.3, 0.4) is 0 Å². The van der Waals surface area contributed by atoms with Gasteiger partial charge in [-0.2, -0.15) is 0 Å². The molecule has 1 aromatic carbocycles. The molecule has 6 nitrogen and oxygen atoms in total. The first-order valence-electron chi connectivity index (χ1n) is 8.27. The Morgan fingerprint density at radius 2 is 2.24 bits per heavy atom. The van der Waals surface area contributed by atoms with Crippen molar-refractivity contribution < 1.29 is 18.7 Å². The van der Waals surface area contributed by atoms with Crippen LogP contribution in [0.2, 0.25) is 0 Å². The fraction of sp³-hybridized carbons (Fsp3) is 0.444. The number of nitrogens with two attached hydrogens (primary N) is 1. The number of halogens is 1. The van der Waals surface area contributed by atoms with Crippen molar-refractivity contribution in [2.45, 2.75) is 38.3 Å². The van der Waals surface area contributed by atoms with E-state index in [2.05, 4.69) is 5.32 Å². The molecule has 0 saturated carbocycles. The number of carbonyl (C=O) groups excluding carboxylic acids is 1. The van der Waals surface area contributed by atoms with E-state index in [9.17, 15) is 9.18 Å². The van der Waals surface area contributed by atoms with E-state index in [4.69, 9.17) is 20.6 Å². The van der Waals surface area contributed by atoms with Gasteiger partial charge in [0.25, 0.3) is 0 Å². The topological polar surface area (TPSA) is 97.4 Å². The summed E-state index contributed by atoms with van der Waals surface area (Å²) in [4.78, 5) is 12.2. The molecule has 1 aliphatic rings. The number of nitrogens with one attached hydrogen (secondary N) is 2. The second-order valence-corrected chi connectivity index (χ2v) is 6.02. The van der Waals surface area contributed by atoms with Gasteiger partial charge in [-0.25, -0.2) is 4.39 Å². The minimum Gasteiger partial charge on any atom is -0.459 e. The highest BCUT2D eigenvalue weighted by Crippen LogP contribution is 2.21. The van der Waals surface area contributed by atoms with Crippen LogP contribution in [0.15, 0.2) is 30.0 Å². The highest BCUT2D eigenvalue weighted by atomic mass is 19.1. The van der Waals surface area contributed by atoms with Gasteiger partial charge in [0.2, 0.25) is 5.91 Å². The van der Waals surface area contributed by atoms with Gasteiger partial charge < -0.3 is 25.9 Å². The SMILES string of the molecule is C/C(=C\C=N)Oc1ccc(C[C@H](N)C(=O)NC2CCOCC2)cc1F. The lowest BCUT2D eigenvalue weighted by molar-refractivity contribution is -0.123. The van der Waals surface area contributed by atoms with Gasteiger partial charge >= 0.3 is 0 Å². The fourth-order valence-electron chi connectivity index (χ4n) is 2.58. The standard InChI is InChI=1S/C18H24FN3O3/c1-12(4-7-20)25-17-3-2-13(10-15(17)19)11-16(21)18(23)22-14-5-8-24-9-6-14/h2-4,7,10,14,16,20H,5-6,8-9,11,21H2,1H3,(H,22,23)/b12-4+,20-7?/t16-/m0/s1. The van der Waals surface area contributed by atoms with Crippen molar-refractivity contribution >= 4 is 12.1 Å². The number of ether oxygens (including phenoxy) is 2. The largest absolute Gasteiger partial charge is 0.459 e. The summed E-state index contributed by atoms with van der Waals surface area (Å²) in [5, 5.41) is 9.88. The lowest BCUT2D eigenvalue weighted by Gasteiger charge is -2.24. The number of allylic oxidation sites excluding steroid dienone is 2. The Hall–Kier alpha value is -2.25. The summed E-state index contributed by atoms with van der Waals surface area (Å²) >= 11 is 0. The summed E-state index contributed by atoms with van der Waals surface area (Å²) in [6.07, 6.45) is 4.28. The van der Waals surface area contributed by atoms with Gasteiger partial charge in [0.15, 0.2) is 11.6 Å². The van der Waals surface area contributed by atoms with Crippen LogP contribution in [-0.2, 0) is 16.0 Å². The van der Waals surface area contributed by atoms with Crippen molar-refractivity contribution in [3.63, 3.8) is 0 Å². The van der Waals surface area contributed by atoms with E-state index in [1.54, 1.807) is 13.0 Å². The second-order valence-electron chi connectivity index (χ2n) is 6.02. The number of hydrogen-bond donors (Lipinski definition) is 3. The molecule has 1 aromatic rings. The molecule has 1 saturated heterocycles. The van der Waals surface area contributed by atoms with Crippen molar-refractivity contribution in [1.82, 2.24) is 5.32 Å². The van der Waals surface area contributed by atoms with E-state index in [1.165, 1.54) is 18.2 Å². The van der Waals surface area contributed by atoms with E-state index in [-0.39, 0.29) is 24.1 Å². The monoisotopic (exact) mass is 349 g/mol. The molecular weight excluding hydrogens is 325 g/mol. The molecule has 4 N–H and O–H groups in total. The summed E-state index contributed by atoms with van der Waals surface area (Å²) in [5.74, 6) is -0.293. The Balaban J connectivity index is 1.92. The first kappa shape index (κ1) is 19.1. The summed E-state index contributed by atoms with van der Waals surface area (Å²) < 4.78 is 24.7. The minimum atomic E-state index is -0.742. The lowest BCUT2D eigenvalue weighted by atomic mass is 10.0. The smallest absolute Gasteiger partial charge is 0.237 e. The van der Waals surface area contributed by atoms with Crippen LogP contribution in [0.25, 0.3) is 0 Å². The van der Waals surface area contributed by atoms with E-state index < -0.39 is 11.9 Å². The molecule has 0 aromatic heterocycles. The van der Waals surface area contributed by atoms with E-state index >= 15 is 0 Å². The van der Waals surface area contributed by atoms with Crippen molar-refractivity contribution in [2.24, 2.45) is 5.73 Å². The van der Waals surface area contributed by atoms with Crippen molar-refractivity contribution in [3.05, 3.63) is 41.4 Å². The van der Waals surface area contributed by atoms with Crippen LogP contribution < -0.4 is 15.8 Å². The van der Waals surface area contributed by atoms with Gasteiger partial charge in [0, 0.05) is 25.5 Å². The Kier molecular flexibility index (Phi) is 7.09. The quantitative estimate of drug-likeness (QED) is 0.517. The zero-order chi connectivity index (χ0) is 18.2. The molecule has 1 aliphatic heterocycles. The molecule has 1 fully saturated rings. The first-order chi connectivity index (χ1) is 12.0. The Morgan fingerprint density at radius 3 is 2.88 bits per heavy atom. The Labute approximate surface area is 146 Å². The molecule has 0 bridgehead atoms. The fourth-order valence-corrected chi connectivity index (χ4v) is 2.58. The maximum Gasteiger partial charge on any atom is 0.237 e. The van der Waals surface area contributed by atoms with Gasteiger partial charge in [-0.05, 0) is 50.0 Å². The maximum atomic E-state index is 14.1. The molecule has 25 heavy (non-hydrogen) atoms. The van der Waals surface area contributed by atoms with Gasteiger partial charge in [-0.1, -0.05) is 6.07 Å². The molecule has 0 spiro atoms. The maximum absolute atomic E-state index is 14.1. The molecule has 136 valence electrons. The van der Waals surface area contributed by atoms with Gasteiger partial charge in [-0.3, -0.25) is 4.79 Å². The van der Waals surface area contributed by atoms with Crippen LogP contribution in [0, 0.1) is 11.2 Å². The molecule has 2 rings (SSSR count). The molecule has 0 aliphatic carbocycles. The van der Waals surface area contributed by atoms with Crippen LogP contribution in [0.5, 0.6) is 5.75 Å². The third-order valence-corrected chi connectivity index (χ3v) is 3.95. The average Bonchev–Trinajstić information content (AvgIpc) is 2.58. The third kappa shape index (κ3) is 5.95. The summed E-state index contributed by atoms with van der Waals surface area (Å²) in [5.41, 5.74) is 6.56. The summed E-state index contributed by atoms with van der Waals surface area (Å²) in [6.45, 7) is 2.91. The molecule has 1 heterocycles. The number of amides is 1. The van der Waals surface area contributed by atoms with Gasteiger partial charge in [-0.15, -0.1) is 0 Å². The number of benzene rings is 1. The third-order valence-electron chi connectivity index (χ3n) is 3.95. The van der Waals surface area contributed by atoms with Crippen LogP contribution in [0.4, 0.5) is 4.39 Å². The zero-order valence-electron chi connectivity index (χ0n) is 14.3. The van der Waals surface area contributed by atoms with Crippen LogP contribution in [-0.4, -0.2) is 37.4 Å². The van der Waals surface area contributed by atoms with Crippen LogP contribution >= 0.6 is 0 Å². The Bertz CT molecular complexity index is 642. The average molecular weight is 349 g/mol. The first-order valence-corrected chi connectivity index (χ1v) is 8.27. The van der Waals surface area contributed by atoms with Crippen LogP contribution in [0.1, 0.15) is 25.3 Å². The molecule has 1 amide bonds. The normalized spacial score (nSPS) is 17.0. The van der Waals surface area contributed by atoms with Crippen molar-refractivity contribution in [1.29, 1.82) is 5.41 Å². The highest BCUT2D eigenvalue weighted by molar-refractivity contribution is 5.82. The number of rotatable bonds is 7. The summed E-state index contributed by atoms with van der Waals surface area (Å²) in [6, 6.07) is 3.83. The zero-order valence-corrected chi connectivity index (χ0v) is 14.3.